The molecule has 318 valence electrons. The van der Waals surface area contributed by atoms with E-state index in [2.05, 4.69) is 41.7 Å². The summed E-state index contributed by atoms with van der Waals surface area (Å²) in [5, 5.41) is 27.3. The van der Waals surface area contributed by atoms with Crippen molar-refractivity contribution in [1.29, 1.82) is 0 Å². The lowest BCUT2D eigenvalue weighted by atomic mass is 10.1. The molecule has 21 heteroatoms. The van der Waals surface area contributed by atoms with Gasteiger partial charge in [-0.1, -0.05) is 81.7 Å². The fourth-order valence-electron chi connectivity index (χ4n) is 5.33. The number of para-hydroxylation sites is 2. The molecule has 4 N–H and O–H groups in total. The van der Waals surface area contributed by atoms with Crippen LogP contribution in [0.5, 0.6) is 0 Å². The lowest BCUT2D eigenvalue weighted by Gasteiger charge is -2.15. The molecular weight excluding hydrogens is 949 g/mol. The van der Waals surface area contributed by atoms with Crippen LogP contribution < -0.4 is 21.3 Å². The summed E-state index contributed by atoms with van der Waals surface area (Å²) in [6, 6.07) is 18.5. The van der Waals surface area contributed by atoms with Crippen molar-refractivity contribution in [3.8, 4) is 0 Å². The lowest BCUT2D eigenvalue weighted by Crippen LogP contribution is -2.32. The van der Waals surface area contributed by atoms with Gasteiger partial charge in [-0.3, -0.25) is 28.8 Å². The summed E-state index contributed by atoms with van der Waals surface area (Å²) in [6.45, 7) is 2.28. The van der Waals surface area contributed by atoms with Crippen LogP contribution in [0, 0.1) is 0 Å². The summed E-state index contributed by atoms with van der Waals surface area (Å²) >= 11 is 43.4. The Morgan fingerprint density at radius 3 is 1.35 bits per heavy atom. The lowest BCUT2D eigenvalue weighted by molar-refractivity contribution is -0.127. The zero-order chi connectivity index (χ0) is 45.2. The Hall–Kier alpha value is -5.45. The normalized spacial score (nSPS) is 12.1. The first-order valence-electron chi connectivity index (χ1n) is 17.7. The number of rotatable bonds is 15. The van der Waals surface area contributed by atoms with Crippen LogP contribution in [-0.4, -0.2) is 47.3 Å². The molecule has 0 aromatic heterocycles. The number of anilines is 4. The van der Waals surface area contributed by atoms with Crippen LogP contribution in [0.15, 0.2) is 111 Å². The maximum Gasteiger partial charge on any atom is 0.258 e. The van der Waals surface area contributed by atoms with Crippen molar-refractivity contribution < 1.29 is 28.8 Å². The Morgan fingerprint density at radius 2 is 0.952 bits per heavy atom. The Bertz CT molecular complexity index is 2640. The number of hydrogen-bond donors (Lipinski definition) is 4. The third-order valence-corrected chi connectivity index (χ3v) is 10.3. The summed E-state index contributed by atoms with van der Waals surface area (Å²) < 4.78 is 0. The van der Waals surface area contributed by atoms with Gasteiger partial charge in [0.15, 0.2) is 11.6 Å². The molecule has 0 aliphatic carbocycles. The van der Waals surface area contributed by atoms with E-state index in [1.54, 1.807) is 36.4 Å². The number of Topliss-reactive ketones (excluding diaryl/α,β-unsaturated/α-hetero) is 2. The number of amides is 4. The van der Waals surface area contributed by atoms with Gasteiger partial charge in [0, 0.05) is 38.4 Å². The maximum absolute atomic E-state index is 13.3. The van der Waals surface area contributed by atoms with Crippen LogP contribution in [0.4, 0.5) is 34.1 Å². The number of nitrogens with one attached hydrogen (secondary N) is 4. The molecule has 0 aliphatic rings. The Morgan fingerprint density at radius 1 is 0.532 bits per heavy atom. The van der Waals surface area contributed by atoms with Gasteiger partial charge in [-0.05, 0) is 98.3 Å². The van der Waals surface area contributed by atoms with Crippen LogP contribution in [0.1, 0.15) is 40.1 Å². The number of nitrogens with zero attached hydrogens (tertiary/aromatic N) is 4. The summed E-state index contributed by atoms with van der Waals surface area (Å²) in [6.07, 6.45) is 0. The smallest absolute Gasteiger partial charge is 0.258 e. The van der Waals surface area contributed by atoms with Gasteiger partial charge in [-0.15, -0.1) is 11.6 Å². The third kappa shape index (κ3) is 12.6. The van der Waals surface area contributed by atoms with Crippen molar-refractivity contribution in [2.24, 2.45) is 20.5 Å². The van der Waals surface area contributed by atoms with Crippen LogP contribution in [0.25, 0.3) is 0 Å². The number of halogens is 7. The van der Waals surface area contributed by atoms with Crippen LogP contribution in [-0.2, 0) is 25.1 Å². The number of carbonyl (C=O) groups excluding carboxylic acids is 6. The fraction of sp³-hybridized carbons (Fsp3) is 0.122. The second kappa shape index (κ2) is 21.6. The third-order valence-electron chi connectivity index (χ3n) is 8.31. The maximum atomic E-state index is 13.3. The minimum absolute atomic E-state index is 0.0527. The molecule has 2 unspecified atom stereocenters. The van der Waals surface area contributed by atoms with Crippen molar-refractivity contribution in [3.05, 3.63) is 138 Å². The van der Waals surface area contributed by atoms with Crippen molar-refractivity contribution in [3.63, 3.8) is 0 Å². The molecule has 0 heterocycles. The second-order valence-electron chi connectivity index (χ2n) is 12.9. The highest BCUT2D eigenvalue weighted by atomic mass is 35.5. The van der Waals surface area contributed by atoms with Crippen molar-refractivity contribution in [1.82, 2.24) is 0 Å². The molecule has 0 fully saturated rings. The summed E-state index contributed by atoms with van der Waals surface area (Å²) in [4.78, 5) is 77.8. The van der Waals surface area contributed by atoms with E-state index in [1.807, 2.05) is 0 Å². The van der Waals surface area contributed by atoms with E-state index in [9.17, 15) is 28.8 Å². The van der Waals surface area contributed by atoms with Crippen LogP contribution in [0.3, 0.4) is 0 Å². The van der Waals surface area contributed by atoms with Gasteiger partial charge in [-0.2, -0.15) is 20.5 Å². The topological polar surface area (TPSA) is 200 Å². The number of carbonyl (C=O) groups is 6. The molecule has 4 amide bonds. The average molecular weight is 978 g/mol. The Labute approximate surface area is 388 Å². The molecule has 5 aromatic rings. The largest absolute Gasteiger partial charge is 0.324 e. The van der Waals surface area contributed by atoms with Crippen molar-refractivity contribution >= 4 is 151 Å². The quantitative estimate of drug-likeness (QED) is 0.0457. The summed E-state index contributed by atoms with van der Waals surface area (Å²) in [7, 11) is 0. The molecule has 0 bridgehead atoms. The van der Waals surface area contributed by atoms with Gasteiger partial charge in [-0.25, -0.2) is 0 Å². The predicted molar refractivity (Wildman–Crippen MR) is 243 cm³/mol. The van der Waals surface area contributed by atoms with Crippen molar-refractivity contribution in [2.45, 2.75) is 31.8 Å². The van der Waals surface area contributed by atoms with E-state index in [-0.39, 0.29) is 81.3 Å². The minimum atomic E-state index is -1.64. The molecule has 14 nitrogen and oxygen atoms in total. The zero-order valence-corrected chi connectivity index (χ0v) is 37.2. The van der Waals surface area contributed by atoms with Gasteiger partial charge in [0.25, 0.3) is 23.6 Å². The second-order valence-corrected chi connectivity index (χ2v) is 15.7. The molecule has 0 aliphatic heterocycles. The number of benzene rings is 5. The van der Waals surface area contributed by atoms with Gasteiger partial charge in [0.2, 0.25) is 12.1 Å². The molecule has 0 saturated carbocycles. The standard InChI is InChI=1S/C41H29Cl7N8O6/c1-19(57)34(55-53-27-13-21(11-24(43)16-27)38(59)51-36-29(45)5-3-6-30(36)46)40(61)49-26-9-10-33(23(15-26)18-42)50-41(62)35(20(2)58)56-54-28-14-22(12-25(44)17-28)39(60)52-37-31(47)7-4-8-32(37)48/h3-17,34-35H,18H2,1-2H3,(H,49,61)(H,50,62)(H,51,59)(H,52,60). The molecule has 5 rings (SSSR count). The molecule has 5 aromatic carbocycles. The van der Waals surface area contributed by atoms with Crippen LogP contribution in [0.2, 0.25) is 30.1 Å². The number of alkyl halides is 1. The van der Waals surface area contributed by atoms with E-state index < -0.39 is 47.3 Å². The van der Waals surface area contributed by atoms with E-state index >= 15 is 0 Å². The predicted octanol–water partition coefficient (Wildman–Crippen LogP) is 12.2. The zero-order valence-electron chi connectivity index (χ0n) is 31.9. The Balaban J connectivity index is 1.27. The summed E-state index contributed by atoms with van der Waals surface area (Å²) in [5.41, 5.74) is 1.24. The molecule has 0 radical (unpaired) electrons. The average Bonchev–Trinajstić information content (AvgIpc) is 3.20. The number of azo groups is 2. The van der Waals surface area contributed by atoms with Gasteiger partial charge >= 0.3 is 0 Å². The van der Waals surface area contributed by atoms with Crippen molar-refractivity contribution in [2.75, 3.05) is 21.3 Å². The fourth-order valence-corrected chi connectivity index (χ4v) is 7.00. The first kappa shape index (κ1) is 47.6. The summed E-state index contributed by atoms with van der Waals surface area (Å²) in [5.74, 6) is -4.47. The van der Waals surface area contributed by atoms with Gasteiger partial charge in [0.1, 0.15) is 0 Å². The SMILES string of the molecule is CC(=O)C(N=Nc1cc(Cl)cc(C(=O)Nc2c(Cl)cccc2Cl)c1)C(=O)Nc1ccc(NC(=O)C(N=Nc2cc(Cl)cc(C(=O)Nc3c(Cl)cccc3Cl)c2)C(C)=O)c(CCl)c1. The highest BCUT2D eigenvalue weighted by Crippen LogP contribution is 2.33. The number of ketones is 2. The number of hydrogen-bond acceptors (Lipinski definition) is 10. The van der Waals surface area contributed by atoms with E-state index in [0.29, 0.717) is 5.56 Å². The first-order chi connectivity index (χ1) is 29.4. The molecule has 2 atom stereocenters. The molecule has 0 saturated heterocycles. The Kier molecular flexibility index (Phi) is 16.6. The van der Waals surface area contributed by atoms with E-state index in [4.69, 9.17) is 81.2 Å². The van der Waals surface area contributed by atoms with Crippen LogP contribution >= 0.6 is 81.2 Å². The molecular formula is C41H29Cl7N8O6. The van der Waals surface area contributed by atoms with E-state index in [1.165, 1.54) is 54.6 Å². The minimum Gasteiger partial charge on any atom is -0.324 e. The highest BCUT2D eigenvalue weighted by molar-refractivity contribution is 6.41. The highest BCUT2D eigenvalue weighted by Gasteiger charge is 2.26. The van der Waals surface area contributed by atoms with Gasteiger partial charge < -0.3 is 21.3 Å². The molecule has 62 heavy (non-hydrogen) atoms. The van der Waals surface area contributed by atoms with Gasteiger partial charge in [0.05, 0.1) is 42.8 Å². The van der Waals surface area contributed by atoms with E-state index in [0.717, 1.165) is 13.8 Å². The monoisotopic (exact) mass is 974 g/mol. The molecule has 0 spiro atoms. The first-order valence-corrected chi connectivity index (χ1v) is 20.5.